The van der Waals surface area contributed by atoms with Crippen LogP contribution in [0.25, 0.3) is 0 Å². The van der Waals surface area contributed by atoms with Crippen molar-refractivity contribution in [2.24, 2.45) is 11.8 Å². The number of nitrogens with zero attached hydrogens (tertiary/aromatic N) is 3. The van der Waals surface area contributed by atoms with Crippen molar-refractivity contribution in [2.45, 2.75) is 45.2 Å². The van der Waals surface area contributed by atoms with Gasteiger partial charge in [-0.15, -0.1) is 0 Å². The largest absolute Gasteiger partial charge is 0.455 e. The topological polar surface area (TPSA) is 39.9 Å². The van der Waals surface area contributed by atoms with Gasteiger partial charge >= 0.3 is 0 Å². The SMILES string of the molecule is CC1CCN(Cc2ccc(C(=O)N3C[C@@H]4CC[C@H](C3)N(C)C4)o2)CC1. The van der Waals surface area contributed by atoms with Crippen molar-refractivity contribution in [2.75, 3.05) is 39.8 Å². The van der Waals surface area contributed by atoms with Crippen LogP contribution in [-0.4, -0.2) is 66.4 Å². The van der Waals surface area contributed by atoms with Crippen LogP contribution in [0.1, 0.15) is 48.9 Å². The number of likely N-dealkylation sites (tertiary alicyclic amines) is 1. The Labute approximate surface area is 150 Å². The molecule has 1 aromatic heterocycles. The van der Waals surface area contributed by atoms with E-state index < -0.39 is 0 Å². The lowest BCUT2D eigenvalue weighted by Crippen LogP contribution is -2.41. The van der Waals surface area contributed by atoms with Gasteiger partial charge in [0.15, 0.2) is 5.76 Å². The summed E-state index contributed by atoms with van der Waals surface area (Å²) in [5.41, 5.74) is 0. The zero-order valence-electron chi connectivity index (χ0n) is 15.6. The summed E-state index contributed by atoms with van der Waals surface area (Å²) in [6.45, 7) is 8.25. The Kier molecular flexibility index (Phi) is 4.87. The van der Waals surface area contributed by atoms with Gasteiger partial charge in [0.1, 0.15) is 5.76 Å². The Bertz CT molecular complexity index is 606. The summed E-state index contributed by atoms with van der Waals surface area (Å²) in [5, 5.41) is 0. The number of carbonyl (C=O) groups excluding carboxylic acids is 1. The van der Waals surface area contributed by atoms with Crippen LogP contribution in [0.2, 0.25) is 0 Å². The maximum atomic E-state index is 12.9. The summed E-state index contributed by atoms with van der Waals surface area (Å²) in [6, 6.07) is 4.37. The zero-order valence-corrected chi connectivity index (χ0v) is 15.6. The fourth-order valence-corrected chi connectivity index (χ4v) is 4.66. The molecule has 4 fully saturated rings. The number of rotatable bonds is 3. The molecule has 0 radical (unpaired) electrons. The highest BCUT2D eigenvalue weighted by Crippen LogP contribution is 2.28. The number of likely N-dealkylation sites (N-methyl/N-ethyl adjacent to an activating group) is 1. The van der Waals surface area contributed by atoms with E-state index in [1.165, 1.54) is 25.7 Å². The van der Waals surface area contributed by atoms with Crippen molar-refractivity contribution in [1.82, 2.24) is 14.7 Å². The predicted molar refractivity (Wildman–Crippen MR) is 97.4 cm³/mol. The molecule has 0 saturated carbocycles. The van der Waals surface area contributed by atoms with Crippen LogP contribution < -0.4 is 0 Å². The normalized spacial score (nSPS) is 29.1. The fourth-order valence-electron chi connectivity index (χ4n) is 4.66. The molecule has 1 aromatic rings. The molecule has 4 aliphatic heterocycles. The molecule has 4 aliphatic rings. The Morgan fingerprint density at radius 2 is 1.92 bits per heavy atom. The van der Waals surface area contributed by atoms with Gasteiger partial charge in [0, 0.05) is 25.7 Å². The molecule has 1 amide bonds. The van der Waals surface area contributed by atoms with Gasteiger partial charge in [-0.3, -0.25) is 9.69 Å². The number of hydrogen-bond acceptors (Lipinski definition) is 4. The van der Waals surface area contributed by atoms with Gasteiger partial charge in [0.2, 0.25) is 0 Å². The fraction of sp³-hybridized carbons (Fsp3) is 0.750. The second kappa shape index (κ2) is 7.12. The minimum atomic E-state index is 0.0747. The average Bonchev–Trinajstić information content (AvgIpc) is 2.88. The van der Waals surface area contributed by atoms with E-state index in [0.717, 1.165) is 50.9 Å². The van der Waals surface area contributed by atoms with Crippen LogP contribution in [0.5, 0.6) is 0 Å². The van der Waals surface area contributed by atoms with E-state index in [9.17, 15) is 4.79 Å². The molecule has 0 spiro atoms. The molecule has 2 atom stereocenters. The predicted octanol–water partition coefficient (Wildman–Crippen LogP) is 2.68. The van der Waals surface area contributed by atoms with Crippen LogP contribution in [0.4, 0.5) is 0 Å². The van der Waals surface area contributed by atoms with Crippen LogP contribution in [0, 0.1) is 11.8 Å². The first-order valence-corrected chi connectivity index (χ1v) is 9.89. The van der Waals surface area contributed by atoms with Gasteiger partial charge in [-0.05, 0) is 69.8 Å². The molecule has 138 valence electrons. The van der Waals surface area contributed by atoms with Crippen molar-refractivity contribution < 1.29 is 9.21 Å². The second-order valence-corrected chi connectivity index (χ2v) is 8.47. The van der Waals surface area contributed by atoms with E-state index in [1.807, 2.05) is 17.0 Å². The first-order chi connectivity index (χ1) is 12.1. The lowest BCUT2D eigenvalue weighted by Gasteiger charge is -2.32. The van der Waals surface area contributed by atoms with E-state index in [2.05, 4.69) is 23.8 Å². The molecule has 0 N–H and O–H groups in total. The van der Waals surface area contributed by atoms with Gasteiger partial charge in [-0.2, -0.15) is 0 Å². The van der Waals surface area contributed by atoms with Crippen molar-refractivity contribution >= 4 is 5.91 Å². The molecular formula is C20H31N3O2. The Hall–Kier alpha value is -1.33. The Balaban J connectivity index is 1.39. The minimum Gasteiger partial charge on any atom is -0.455 e. The summed E-state index contributed by atoms with van der Waals surface area (Å²) in [7, 11) is 2.19. The number of furan rings is 1. The monoisotopic (exact) mass is 345 g/mol. The van der Waals surface area contributed by atoms with Crippen molar-refractivity contribution in [3.63, 3.8) is 0 Å². The maximum absolute atomic E-state index is 12.9. The van der Waals surface area contributed by atoms with Gasteiger partial charge in [0.25, 0.3) is 5.91 Å². The molecule has 0 aliphatic carbocycles. The quantitative estimate of drug-likeness (QED) is 0.844. The molecule has 5 nitrogen and oxygen atoms in total. The van der Waals surface area contributed by atoms with Crippen LogP contribution in [0.15, 0.2) is 16.5 Å². The number of carbonyl (C=O) groups is 1. The van der Waals surface area contributed by atoms with Crippen molar-refractivity contribution in [1.29, 1.82) is 0 Å². The molecular weight excluding hydrogens is 314 g/mol. The molecule has 5 heteroatoms. The van der Waals surface area contributed by atoms with E-state index >= 15 is 0 Å². The summed E-state index contributed by atoms with van der Waals surface area (Å²) in [5.74, 6) is 2.96. The third-order valence-electron chi connectivity index (χ3n) is 6.40. The third-order valence-corrected chi connectivity index (χ3v) is 6.40. The third kappa shape index (κ3) is 3.77. The van der Waals surface area contributed by atoms with Crippen LogP contribution in [0.3, 0.4) is 0 Å². The van der Waals surface area contributed by atoms with E-state index in [4.69, 9.17) is 4.42 Å². The summed E-state index contributed by atoms with van der Waals surface area (Å²) < 4.78 is 5.94. The van der Waals surface area contributed by atoms with Gasteiger partial charge in [-0.25, -0.2) is 0 Å². The molecule has 5 heterocycles. The average molecular weight is 345 g/mol. The Morgan fingerprint density at radius 1 is 1.12 bits per heavy atom. The highest BCUT2D eigenvalue weighted by atomic mass is 16.4. The van der Waals surface area contributed by atoms with Gasteiger partial charge in [-0.1, -0.05) is 6.92 Å². The molecule has 5 rings (SSSR count). The van der Waals surface area contributed by atoms with E-state index in [0.29, 0.717) is 17.7 Å². The number of hydrogen-bond donors (Lipinski definition) is 0. The summed E-state index contributed by atoms with van der Waals surface area (Å²) >= 11 is 0. The highest BCUT2D eigenvalue weighted by molar-refractivity contribution is 5.91. The van der Waals surface area contributed by atoms with Crippen molar-refractivity contribution in [3.05, 3.63) is 23.7 Å². The molecule has 25 heavy (non-hydrogen) atoms. The lowest BCUT2D eigenvalue weighted by molar-refractivity contribution is 0.0705. The first-order valence-electron chi connectivity index (χ1n) is 9.89. The smallest absolute Gasteiger partial charge is 0.289 e. The van der Waals surface area contributed by atoms with E-state index in [-0.39, 0.29) is 5.91 Å². The standard InChI is InChI=1S/C20H31N3O2/c1-15-7-9-22(10-8-15)14-18-5-6-19(25-18)20(24)23-12-16-3-4-17(13-23)21(2)11-16/h5-6,15-17H,3-4,7-14H2,1-2H3/t16-,17-/m1/s1. The zero-order chi connectivity index (χ0) is 17.4. The first kappa shape index (κ1) is 17.1. The molecule has 2 bridgehead atoms. The number of amides is 1. The lowest BCUT2D eigenvalue weighted by atomic mass is 9.96. The number of piperidine rings is 2. The molecule has 4 saturated heterocycles. The summed E-state index contributed by atoms with van der Waals surface area (Å²) in [6.07, 6.45) is 4.98. The second-order valence-electron chi connectivity index (χ2n) is 8.47. The summed E-state index contributed by atoms with van der Waals surface area (Å²) in [4.78, 5) is 19.8. The maximum Gasteiger partial charge on any atom is 0.289 e. The van der Waals surface area contributed by atoms with Crippen LogP contribution in [-0.2, 0) is 6.54 Å². The molecule has 0 aromatic carbocycles. The Morgan fingerprint density at radius 3 is 2.68 bits per heavy atom. The van der Waals surface area contributed by atoms with Crippen LogP contribution >= 0.6 is 0 Å². The molecule has 0 unspecified atom stereocenters. The van der Waals surface area contributed by atoms with Gasteiger partial charge in [0.05, 0.1) is 6.54 Å². The highest BCUT2D eigenvalue weighted by Gasteiger charge is 2.35. The van der Waals surface area contributed by atoms with E-state index in [1.54, 1.807) is 0 Å². The van der Waals surface area contributed by atoms with Crippen molar-refractivity contribution in [3.8, 4) is 0 Å². The number of fused-ring (bicyclic) bond motifs is 4. The van der Waals surface area contributed by atoms with Gasteiger partial charge < -0.3 is 14.2 Å². The minimum absolute atomic E-state index is 0.0747.